The second-order valence-electron chi connectivity index (χ2n) is 6.99. The van der Waals surface area contributed by atoms with E-state index in [1.165, 1.54) is 30.3 Å². The number of aromatic hydroxyl groups is 1. The molecule has 0 aromatic heterocycles. The Kier molecular flexibility index (Phi) is 5.17. The number of hydrogen-bond acceptors (Lipinski definition) is 4. The Morgan fingerprint density at radius 1 is 0.938 bits per heavy atom. The Balaban J connectivity index is 1.65. The predicted molar refractivity (Wildman–Crippen MR) is 113 cm³/mol. The summed E-state index contributed by atoms with van der Waals surface area (Å²) in [5.41, 5.74) is 0.709. The molecule has 0 bridgehead atoms. The van der Waals surface area contributed by atoms with Gasteiger partial charge in [0.1, 0.15) is 5.75 Å². The molecule has 3 aromatic rings. The van der Waals surface area contributed by atoms with Gasteiger partial charge in [-0.15, -0.1) is 0 Å². The lowest BCUT2D eigenvalue weighted by Gasteiger charge is -2.11. The first-order valence-electron chi connectivity index (χ1n) is 9.19. The van der Waals surface area contributed by atoms with Crippen LogP contribution in [0.2, 0.25) is 0 Å². The van der Waals surface area contributed by atoms with E-state index in [1.807, 2.05) is 0 Å². The Morgan fingerprint density at radius 3 is 2.22 bits per heavy atom. The monoisotopic (exact) mass is 460 g/mol. The quantitative estimate of drug-likeness (QED) is 0.492. The topological polar surface area (TPSA) is 95.5 Å². The van der Waals surface area contributed by atoms with Gasteiger partial charge in [0.2, 0.25) is 0 Å². The minimum Gasteiger partial charge on any atom is -0.508 e. The highest BCUT2D eigenvalue weighted by atomic mass is 32.2. The van der Waals surface area contributed by atoms with Crippen molar-refractivity contribution in [2.24, 2.45) is 0 Å². The highest BCUT2D eigenvalue weighted by molar-refractivity contribution is 7.92. The van der Waals surface area contributed by atoms with E-state index in [0.717, 1.165) is 24.3 Å². The SMILES string of the molecule is O=C1Nc2ccc(S(=O)(=O)Nc3ccc(C(F)(F)F)cc3)cc2C1=Cc1ccc(O)cc1. The van der Waals surface area contributed by atoms with E-state index in [0.29, 0.717) is 16.8 Å². The van der Waals surface area contributed by atoms with Gasteiger partial charge in [-0.05, 0) is 66.2 Å². The summed E-state index contributed by atoms with van der Waals surface area (Å²) in [6.07, 6.45) is -2.97. The number of carbonyl (C=O) groups is 1. The van der Waals surface area contributed by atoms with Crippen molar-refractivity contribution in [3.63, 3.8) is 0 Å². The molecule has 0 fully saturated rings. The summed E-state index contributed by atoms with van der Waals surface area (Å²) in [5, 5.41) is 12.0. The molecule has 164 valence electrons. The van der Waals surface area contributed by atoms with Crippen LogP contribution in [-0.2, 0) is 21.0 Å². The Hall–Kier alpha value is -3.79. The maximum absolute atomic E-state index is 12.8. The van der Waals surface area contributed by atoms with Crippen molar-refractivity contribution in [1.82, 2.24) is 0 Å². The molecule has 3 N–H and O–H groups in total. The second kappa shape index (κ2) is 7.72. The van der Waals surface area contributed by atoms with Crippen LogP contribution in [0, 0.1) is 0 Å². The van der Waals surface area contributed by atoms with Gasteiger partial charge in [-0.2, -0.15) is 13.2 Å². The third-order valence-corrected chi connectivity index (χ3v) is 6.13. The lowest BCUT2D eigenvalue weighted by atomic mass is 10.0. The zero-order valence-electron chi connectivity index (χ0n) is 16.1. The van der Waals surface area contributed by atoms with Crippen molar-refractivity contribution in [2.75, 3.05) is 10.0 Å². The number of halogens is 3. The first kappa shape index (κ1) is 21.4. The van der Waals surface area contributed by atoms with Gasteiger partial charge >= 0.3 is 6.18 Å². The molecular formula is C22H15F3N2O4S. The lowest BCUT2D eigenvalue weighted by molar-refractivity contribution is -0.137. The number of benzene rings is 3. The molecule has 0 unspecified atom stereocenters. The van der Waals surface area contributed by atoms with Crippen molar-refractivity contribution >= 4 is 39.0 Å². The molecule has 1 amide bonds. The van der Waals surface area contributed by atoms with Crippen molar-refractivity contribution < 1.29 is 31.5 Å². The number of rotatable bonds is 4. The molecule has 1 aliphatic heterocycles. The normalized spacial score (nSPS) is 14.8. The summed E-state index contributed by atoms with van der Waals surface area (Å²) < 4.78 is 65.9. The summed E-state index contributed by atoms with van der Waals surface area (Å²) >= 11 is 0. The number of anilines is 2. The zero-order valence-corrected chi connectivity index (χ0v) is 17.0. The van der Waals surface area contributed by atoms with E-state index >= 15 is 0 Å². The smallest absolute Gasteiger partial charge is 0.416 e. The van der Waals surface area contributed by atoms with Gasteiger partial charge < -0.3 is 10.4 Å². The summed E-state index contributed by atoms with van der Waals surface area (Å²) in [7, 11) is -4.13. The molecule has 10 heteroatoms. The maximum atomic E-state index is 12.8. The average molecular weight is 460 g/mol. The van der Waals surface area contributed by atoms with Gasteiger partial charge in [0, 0.05) is 22.5 Å². The van der Waals surface area contributed by atoms with E-state index in [2.05, 4.69) is 10.0 Å². The first-order chi connectivity index (χ1) is 15.0. The number of fused-ring (bicyclic) bond motifs is 1. The molecule has 4 rings (SSSR count). The number of phenolic OH excluding ortho intramolecular Hbond substituents is 1. The van der Waals surface area contributed by atoms with Crippen LogP contribution >= 0.6 is 0 Å². The standard InChI is InChI=1S/C22H15F3N2O4S/c23-22(24,25)14-3-5-15(6-4-14)27-32(30,31)17-9-10-20-18(12-17)19(21(29)26-20)11-13-1-7-16(28)8-2-13/h1-12,27-28H,(H,26,29). The molecular weight excluding hydrogens is 445 g/mol. The molecule has 3 aromatic carbocycles. The highest BCUT2D eigenvalue weighted by Gasteiger charge is 2.30. The van der Waals surface area contributed by atoms with E-state index < -0.39 is 27.7 Å². The van der Waals surface area contributed by atoms with E-state index in [-0.39, 0.29) is 21.9 Å². The number of sulfonamides is 1. The van der Waals surface area contributed by atoms with Crippen LogP contribution in [0.3, 0.4) is 0 Å². The zero-order chi connectivity index (χ0) is 23.1. The molecule has 0 spiro atoms. The number of phenols is 1. The Bertz CT molecular complexity index is 1330. The van der Waals surface area contributed by atoms with E-state index in [4.69, 9.17) is 0 Å². The van der Waals surface area contributed by atoms with Gasteiger partial charge in [-0.25, -0.2) is 8.42 Å². The van der Waals surface area contributed by atoms with Crippen LogP contribution in [0.25, 0.3) is 11.6 Å². The summed E-state index contributed by atoms with van der Waals surface area (Å²) in [6, 6.07) is 13.7. The fourth-order valence-electron chi connectivity index (χ4n) is 3.16. The van der Waals surface area contributed by atoms with Crippen LogP contribution in [-0.4, -0.2) is 19.4 Å². The summed E-state index contributed by atoms with van der Waals surface area (Å²) in [5.74, 6) is -0.357. The van der Waals surface area contributed by atoms with Crippen molar-refractivity contribution in [3.05, 3.63) is 83.4 Å². The Labute approximate surface area is 181 Å². The summed E-state index contributed by atoms with van der Waals surface area (Å²) in [6.45, 7) is 0. The van der Waals surface area contributed by atoms with Crippen LogP contribution in [0.1, 0.15) is 16.7 Å². The number of carbonyl (C=O) groups excluding carboxylic acids is 1. The van der Waals surface area contributed by atoms with E-state index in [9.17, 15) is 31.5 Å². The van der Waals surface area contributed by atoms with Crippen LogP contribution in [0.15, 0.2) is 71.6 Å². The van der Waals surface area contributed by atoms with Gasteiger partial charge in [0.05, 0.1) is 10.5 Å². The fourth-order valence-corrected chi connectivity index (χ4v) is 4.24. The van der Waals surface area contributed by atoms with Gasteiger partial charge in [-0.1, -0.05) is 12.1 Å². The third kappa shape index (κ3) is 4.30. The third-order valence-electron chi connectivity index (χ3n) is 4.75. The maximum Gasteiger partial charge on any atom is 0.416 e. The minimum absolute atomic E-state index is 0.0347. The molecule has 0 radical (unpaired) electrons. The van der Waals surface area contributed by atoms with Crippen LogP contribution < -0.4 is 10.0 Å². The molecule has 32 heavy (non-hydrogen) atoms. The highest BCUT2D eigenvalue weighted by Crippen LogP contribution is 2.35. The Morgan fingerprint density at radius 2 is 1.59 bits per heavy atom. The van der Waals surface area contributed by atoms with Gasteiger partial charge in [0.15, 0.2) is 0 Å². The molecule has 0 aliphatic carbocycles. The summed E-state index contributed by atoms with van der Waals surface area (Å²) in [4.78, 5) is 12.2. The van der Waals surface area contributed by atoms with Crippen molar-refractivity contribution in [2.45, 2.75) is 11.1 Å². The molecule has 1 heterocycles. The van der Waals surface area contributed by atoms with E-state index in [1.54, 1.807) is 18.2 Å². The second-order valence-corrected chi connectivity index (χ2v) is 8.67. The molecule has 0 saturated carbocycles. The van der Waals surface area contributed by atoms with Crippen LogP contribution in [0.5, 0.6) is 5.75 Å². The first-order valence-corrected chi connectivity index (χ1v) is 10.7. The van der Waals surface area contributed by atoms with Gasteiger partial charge in [-0.3, -0.25) is 9.52 Å². The molecule has 0 atom stereocenters. The largest absolute Gasteiger partial charge is 0.508 e. The minimum atomic E-state index is -4.53. The number of nitrogens with one attached hydrogen (secondary N) is 2. The average Bonchev–Trinajstić information content (AvgIpc) is 3.03. The van der Waals surface area contributed by atoms with Gasteiger partial charge in [0.25, 0.3) is 15.9 Å². The lowest BCUT2D eigenvalue weighted by Crippen LogP contribution is -2.13. The number of alkyl halides is 3. The van der Waals surface area contributed by atoms with Crippen LogP contribution in [0.4, 0.5) is 24.5 Å². The fraction of sp³-hybridized carbons (Fsp3) is 0.0455. The number of amides is 1. The predicted octanol–water partition coefficient (Wildman–Crippen LogP) is 4.70. The molecule has 1 aliphatic rings. The van der Waals surface area contributed by atoms with Crippen molar-refractivity contribution in [3.8, 4) is 5.75 Å². The molecule has 6 nitrogen and oxygen atoms in total. The number of hydrogen-bond donors (Lipinski definition) is 3. The molecule has 0 saturated heterocycles. The van der Waals surface area contributed by atoms with Crippen molar-refractivity contribution in [1.29, 1.82) is 0 Å².